The van der Waals surface area contributed by atoms with Crippen LogP contribution >= 0.6 is 19.6 Å². The Bertz CT molecular complexity index is 97.7. The van der Waals surface area contributed by atoms with Crippen molar-refractivity contribution in [1.82, 2.24) is 0 Å². The number of rotatable bonds is 6. The van der Waals surface area contributed by atoms with E-state index < -0.39 is 8.03 Å². The molecule has 0 amide bonds. The Balaban J connectivity index is 2.96. The van der Waals surface area contributed by atoms with E-state index >= 15 is 0 Å². The van der Waals surface area contributed by atoms with Gasteiger partial charge in [0.15, 0.2) is 6.16 Å². The van der Waals surface area contributed by atoms with Crippen LogP contribution in [0, 0.1) is 0 Å². The van der Waals surface area contributed by atoms with Crippen LogP contribution in [-0.4, -0.2) is 18.6 Å². The van der Waals surface area contributed by atoms with Gasteiger partial charge in [-0.25, -0.2) is 0 Å². The van der Waals surface area contributed by atoms with E-state index in [0.29, 0.717) is 18.6 Å². The minimum atomic E-state index is -1.39. The van der Waals surface area contributed by atoms with Gasteiger partial charge in [0.25, 0.3) is 0 Å². The first-order valence-corrected chi connectivity index (χ1v) is 5.34. The molecule has 0 radical (unpaired) electrons. The Hall–Kier alpha value is 0.350. The smallest absolute Gasteiger partial charge is 0.146 e. The van der Waals surface area contributed by atoms with Crippen LogP contribution in [0.3, 0.4) is 0 Å². The van der Waals surface area contributed by atoms with Gasteiger partial charge >= 0.3 is 8.03 Å². The molecule has 0 saturated carbocycles. The third-order valence-electron chi connectivity index (χ3n) is 1.02. The third kappa shape index (κ3) is 6.47. The van der Waals surface area contributed by atoms with Crippen LogP contribution < -0.4 is 0 Å². The lowest BCUT2D eigenvalue weighted by Gasteiger charge is -1.89. The maximum atomic E-state index is 10.7. The first-order chi connectivity index (χ1) is 4.81. The standard InChI is InChI=1S/C6H13ClO2P/c1-2-10(8)9-6-4-3-5-7/h2-6H2,1H3/q+1. The summed E-state index contributed by atoms with van der Waals surface area (Å²) in [6.45, 7) is 2.43. The summed E-state index contributed by atoms with van der Waals surface area (Å²) in [5.74, 6) is 0.659. The topological polar surface area (TPSA) is 26.3 Å². The fourth-order valence-corrected chi connectivity index (χ4v) is 1.16. The van der Waals surface area contributed by atoms with Crippen LogP contribution in [0.5, 0.6) is 0 Å². The zero-order chi connectivity index (χ0) is 7.82. The van der Waals surface area contributed by atoms with Gasteiger partial charge in [-0.2, -0.15) is 0 Å². The second-order valence-corrected chi connectivity index (χ2v) is 3.81. The van der Waals surface area contributed by atoms with E-state index in [-0.39, 0.29) is 0 Å². The Kier molecular flexibility index (Phi) is 7.72. The Morgan fingerprint density at radius 3 is 2.70 bits per heavy atom. The van der Waals surface area contributed by atoms with Crippen molar-refractivity contribution in [2.75, 3.05) is 18.6 Å². The van der Waals surface area contributed by atoms with Crippen molar-refractivity contribution in [1.29, 1.82) is 0 Å². The molecule has 0 bridgehead atoms. The maximum Gasteiger partial charge on any atom is 0.507 e. The van der Waals surface area contributed by atoms with Crippen molar-refractivity contribution in [3.05, 3.63) is 0 Å². The third-order valence-corrected chi connectivity index (χ3v) is 2.28. The maximum absolute atomic E-state index is 10.7. The van der Waals surface area contributed by atoms with Gasteiger partial charge in [0, 0.05) is 5.88 Å². The highest BCUT2D eigenvalue weighted by molar-refractivity contribution is 7.39. The van der Waals surface area contributed by atoms with E-state index in [1.165, 1.54) is 0 Å². The summed E-state index contributed by atoms with van der Waals surface area (Å²) in [5, 5.41) is 0. The van der Waals surface area contributed by atoms with Crippen LogP contribution in [0.2, 0.25) is 0 Å². The number of alkyl halides is 1. The molecule has 0 aromatic heterocycles. The molecule has 0 rings (SSSR count). The average Bonchev–Trinajstić information content (AvgIpc) is 1.98. The Labute approximate surface area is 67.8 Å². The lowest BCUT2D eigenvalue weighted by atomic mass is 10.4. The molecule has 60 valence electrons. The van der Waals surface area contributed by atoms with Crippen LogP contribution in [0.25, 0.3) is 0 Å². The van der Waals surface area contributed by atoms with Gasteiger partial charge in [-0.3, -0.25) is 0 Å². The van der Waals surface area contributed by atoms with Crippen LogP contribution in [0.1, 0.15) is 19.8 Å². The highest BCUT2D eigenvalue weighted by atomic mass is 35.5. The monoisotopic (exact) mass is 183 g/mol. The molecule has 0 spiro atoms. The lowest BCUT2D eigenvalue weighted by molar-refractivity contribution is 0.322. The van der Waals surface area contributed by atoms with Crippen LogP contribution in [0.15, 0.2) is 0 Å². The molecule has 1 atom stereocenters. The van der Waals surface area contributed by atoms with Crippen molar-refractivity contribution < 1.29 is 9.09 Å². The molecular weight excluding hydrogens is 170 g/mol. The fourth-order valence-electron chi connectivity index (χ4n) is 0.454. The summed E-state index contributed by atoms with van der Waals surface area (Å²) in [5.41, 5.74) is 0. The quantitative estimate of drug-likeness (QED) is 0.360. The summed E-state index contributed by atoms with van der Waals surface area (Å²) in [7, 11) is -1.39. The predicted molar refractivity (Wildman–Crippen MR) is 44.1 cm³/mol. The number of halogens is 1. The summed E-state index contributed by atoms with van der Waals surface area (Å²) in [6.07, 6.45) is 2.45. The molecule has 10 heavy (non-hydrogen) atoms. The second kappa shape index (κ2) is 7.46. The predicted octanol–water partition coefficient (Wildman–Crippen LogP) is 2.78. The first kappa shape index (κ1) is 10.3. The molecule has 0 aromatic rings. The zero-order valence-electron chi connectivity index (χ0n) is 6.18. The minimum Gasteiger partial charge on any atom is -0.146 e. The summed E-state index contributed by atoms with van der Waals surface area (Å²) < 4.78 is 15.6. The van der Waals surface area contributed by atoms with Crippen molar-refractivity contribution in [3.8, 4) is 0 Å². The van der Waals surface area contributed by atoms with E-state index in [1.807, 2.05) is 6.92 Å². The van der Waals surface area contributed by atoms with Gasteiger partial charge in [0.2, 0.25) is 0 Å². The molecule has 0 N–H and O–H groups in total. The lowest BCUT2D eigenvalue weighted by Crippen LogP contribution is -1.87. The molecule has 4 heteroatoms. The van der Waals surface area contributed by atoms with Gasteiger partial charge < -0.3 is 0 Å². The molecule has 2 nitrogen and oxygen atoms in total. The average molecular weight is 184 g/mol. The van der Waals surface area contributed by atoms with Gasteiger partial charge in [0.05, 0.1) is 0 Å². The van der Waals surface area contributed by atoms with Gasteiger partial charge in [-0.05, 0) is 24.3 Å². The highest BCUT2D eigenvalue weighted by Crippen LogP contribution is 2.20. The SMILES string of the molecule is CC[P+](=O)OCCCCCl. The number of unbranched alkanes of at least 4 members (excludes halogenated alkanes) is 1. The van der Waals surface area contributed by atoms with Crippen LogP contribution in [0.4, 0.5) is 0 Å². The van der Waals surface area contributed by atoms with E-state index in [9.17, 15) is 4.57 Å². The van der Waals surface area contributed by atoms with Gasteiger partial charge in [-0.15, -0.1) is 16.1 Å². The first-order valence-electron chi connectivity index (χ1n) is 3.44. The Morgan fingerprint density at radius 2 is 2.20 bits per heavy atom. The Morgan fingerprint density at radius 1 is 1.50 bits per heavy atom. The highest BCUT2D eigenvalue weighted by Gasteiger charge is 2.11. The summed E-state index contributed by atoms with van der Waals surface area (Å²) in [6, 6.07) is 0. The molecule has 1 unspecified atom stereocenters. The molecular formula is C6H13ClO2P+. The second-order valence-electron chi connectivity index (χ2n) is 1.88. The molecule has 0 fully saturated rings. The van der Waals surface area contributed by atoms with Gasteiger partial charge in [0.1, 0.15) is 6.61 Å². The van der Waals surface area contributed by atoms with Crippen molar-refractivity contribution in [3.63, 3.8) is 0 Å². The molecule has 0 aliphatic carbocycles. The van der Waals surface area contributed by atoms with E-state index in [4.69, 9.17) is 16.1 Å². The molecule has 0 aliphatic heterocycles. The molecule has 0 saturated heterocycles. The molecule has 0 aliphatic rings. The van der Waals surface area contributed by atoms with Crippen molar-refractivity contribution in [2.24, 2.45) is 0 Å². The zero-order valence-corrected chi connectivity index (χ0v) is 7.83. The normalized spacial score (nSPS) is 11.6. The van der Waals surface area contributed by atoms with Crippen molar-refractivity contribution >= 4 is 19.6 Å². The minimum absolute atomic E-state index is 0.579. The van der Waals surface area contributed by atoms with Crippen molar-refractivity contribution in [2.45, 2.75) is 19.8 Å². The molecule has 0 aromatic carbocycles. The number of hydrogen-bond acceptors (Lipinski definition) is 2. The summed E-state index contributed by atoms with van der Waals surface area (Å²) in [4.78, 5) is 0. The van der Waals surface area contributed by atoms with Crippen LogP contribution in [-0.2, 0) is 9.09 Å². The van der Waals surface area contributed by atoms with Gasteiger partial charge in [-0.1, -0.05) is 0 Å². The fraction of sp³-hybridized carbons (Fsp3) is 1.00. The largest absolute Gasteiger partial charge is 0.507 e. The van der Waals surface area contributed by atoms with E-state index in [2.05, 4.69) is 0 Å². The van der Waals surface area contributed by atoms with E-state index in [1.54, 1.807) is 0 Å². The number of hydrogen-bond donors (Lipinski definition) is 0. The molecule has 0 heterocycles. The van der Waals surface area contributed by atoms with E-state index in [0.717, 1.165) is 12.8 Å². The summed E-state index contributed by atoms with van der Waals surface area (Å²) >= 11 is 5.42.